The van der Waals surface area contributed by atoms with Gasteiger partial charge in [-0.1, -0.05) is 19.8 Å². The van der Waals surface area contributed by atoms with Crippen molar-refractivity contribution in [2.45, 2.75) is 71.0 Å². The Morgan fingerprint density at radius 1 is 1.24 bits per heavy atom. The first-order valence-electron chi connectivity index (χ1n) is 8.70. The number of unbranched alkanes of at least 4 members (excludes halogenated alkanes) is 1. The minimum atomic E-state index is -0.720. The third kappa shape index (κ3) is 6.00. The van der Waals surface area contributed by atoms with Gasteiger partial charge in [0.2, 0.25) is 17.7 Å². The summed E-state index contributed by atoms with van der Waals surface area (Å²) in [6.07, 6.45) is 3.35. The van der Waals surface area contributed by atoms with E-state index in [1.807, 2.05) is 6.92 Å². The lowest BCUT2D eigenvalue weighted by Gasteiger charge is -2.28. The molecule has 0 unspecified atom stereocenters. The molecule has 1 aliphatic rings. The summed E-state index contributed by atoms with van der Waals surface area (Å²) in [4.78, 5) is 49.5. The first-order chi connectivity index (χ1) is 11.8. The van der Waals surface area contributed by atoms with Crippen LogP contribution in [0.5, 0.6) is 0 Å². The van der Waals surface area contributed by atoms with E-state index in [1.165, 1.54) is 11.8 Å². The van der Waals surface area contributed by atoms with Crippen molar-refractivity contribution < 1.29 is 19.2 Å². The third-order valence-electron chi connectivity index (χ3n) is 4.25. The summed E-state index contributed by atoms with van der Waals surface area (Å²) in [5, 5.41) is 5.23. The molecule has 9 nitrogen and oxygen atoms in total. The Balaban J connectivity index is 2.75. The first-order valence-corrected chi connectivity index (χ1v) is 8.70. The van der Waals surface area contributed by atoms with Crippen molar-refractivity contribution in [3.8, 4) is 0 Å². The normalized spacial score (nSPS) is 19.0. The molecule has 0 radical (unpaired) electrons. The lowest BCUT2D eigenvalue weighted by molar-refractivity contribution is -0.141. The van der Waals surface area contributed by atoms with Gasteiger partial charge in [0.1, 0.15) is 18.1 Å². The molecule has 1 fully saturated rings. The van der Waals surface area contributed by atoms with Crippen molar-refractivity contribution in [1.29, 1.82) is 0 Å². The van der Waals surface area contributed by atoms with Crippen LogP contribution < -0.4 is 21.9 Å². The Morgan fingerprint density at radius 2 is 1.92 bits per heavy atom. The van der Waals surface area contributed by atoms with Gasteiger partial charge in [-0.15, -0.1) is 0 Å². The molecular formula is C16H29N5O4. The minimum Gasteiger partial charge on any atom is -0.345 e. The van der Waals surface area contributed by atoms with Crippen LogP contribution in [0.4, 0.5) is 0 Å². The predicted molar refractivity (Wildman–Crippen MR) is 91.8 cm³/mol. The van der Waals surface area contributed by atoms with Crippen molar-refractivity contribution in [1.82, 2.24) is 21.0 Å². The zero-order valence-corrected chi connectivity index (χ0v) is 15.1. The minimum absolute atomic E-state index is 0.304. The lowest BCUT2D eigenvalue weighted by atomic mass is 10.1. The molecule has 0 aromatic rings. The fraction of sp³-hybridized carbons (Fsp3) is 0.750. The molecular weight excluding hydrogens is 326 g/mol. The van der Waals surface area contributed by atoms with Gasteiger partial charge in [-0.05, 0) is 26.2 Å². The van der Waals surface area contributed by atoms with E-state index in [4.69, 9.17) is 5.84 Å². The van der Waals surface area contributed by atoms with Gasteiger partial charge in [-0.2, -0.15) is 0 Å². The van der Waals surface area contributed by atoms with Crippen LogP contribution in [0, 0.1) is 0 Å². The number of carbonyl (C=O) groups is 4. The smallest absolute Gasteiger partial charge is 0.256 e. The topological polar surface area (TPSA) is 134 Å². The largest absolute Gasteiger partial charge is 0.345 e. The van der Waals surface area contributed by atoms with E-state index in [9.17, 15) is 19.2 Å². The van der Waals surface area contributed by atoms with Gasteiger partial charge in [0, 0.05) is 13.5 Å². The number of likely N-dealkylation sites (tertiary alicyclic amines) is 1. The standard InChI is InChI=1S/C16H29N5O4/c1-4-5-7-12(14(23)20-17)19-15(24)13-8-6-9-21(13)16(25)10(2)18-11(3)22/h10,12-13H,4-9,17H2,1-3H3,(H,18,22)(H,19,24)(H,20,23)/t10-,12-,13-/m0/s1. The molecule has 1 heterocycles. The highest BCUT2D eigenvalue weighted by Crippen LogP contribution is 2.19. The number of rotatable bonds is 8. The first kappa shape index (κ1) is 20.9. The fourth-order valence-corrected chi connectivity index (χ4v) is 2.96. The van der Waals surface area contributed by atoms with E-state index < -0.39 is 24.0 Å². The molecule has 1 aliphatic heterocycles. The maximum Gasteiger partial charge on any atom is 0.256 e. The Kier molecular flexibility index (Phi) is 8.33. The summed E-state index contributed by atoms with van der Waals surface area (Å²) in [5.74, 6) is 3.75. The van der Waals surface area contributed by atoms with Gasteiger partial charge in [0.15, 0.2) is 0 Å². The second-order valence-corrected chi connectivity index (χ2v) is 6.32. The van der Waals surface area contributed by atoms with Crippen molar-refractivity contribution in [2.75, 3.05) is 6.54 Å². The van der Waals surface area contributed by atoms with E-state index in [0.717, 1.165) is 12.8 Å². The molecule has 1 saturated heterocycles. The molecule has 0 aromatic heterocycles. The molecule has 5 N–H and O–H groups in total. The molecule has 4 amide bonds. The highest BCUT2D eigenvalue weighted by Gasteiger charge is 2.37. The number of amides is 4. The highest BCUT2D eigenvalue weighted by atomic mass is 16.2. The predicted octanol–water partition coefficient (Wildman–Crippen LogP) is -0.833. The second-order valence-electron chi connectivity index (χ2n) is 6.32. The molecule has 9 heteroatoms. The number of hydrogen-bond donors (Lipinski definition) is 4. The zero-order valence-electron chi connectivity index (χ0n) is 15.1. The van der Waals surface area contributed by atoms with Crippen LogP contribution in [0.3, 0.4) is 0 Å². The van der Waals surface area contributed by atoms with E-state index in [0.29, 0.717) is 25.8 Å². The number of hydrazine groups is 1. The fourth-order valence-electron chi connectivity index (χ4n) is 2.96. The Morgan fingerprint density at radius 3 is 2.48 bits per heavy atom. The average Bonchev–Trinajstić information content (AvgIpc) is 3.05. The van der Waals surface area contributed by atoms with Crippen LogP contribution in [0.25, 0.3) is 0 Å². The number of nitrogens with one attached hydrogen (secondary N) is 3. The maximum atomic E-state index is 12.6. The number of carbonyl (C=O) groups excluding carboxylic acids is 4. The monoisotopic (exact) mass is 355 g/mol. The zero-order chi connectivity index (χ0) is 19.0. The summed E-state index contributed by atoms with van der Waals surface area (Å²) in [6, 6.07) is -2.06. The van der Waals surface area contributed by atoms with Crippen LogP contribution in [0.15, 0.2) is 0 Å². The van der Waals surface area contributed by atoms with Gasteiger partial charge in [-0.3, -0.25) is 24.6 Å². The van der Waals surface area contributed by atoms with Crippen LogP contribution >= 0.6 is 0 Å². The Hall–Kier alpha value is -2.16. The molecule has 0 bridgehead atoms. The van der Waals surface area contributed by atoms with Crippen molar-refractivity contribution >= 4 is 23.6 Å². The van der Waals surface area contributed by atoms with Gasteiger partial charge >= 0.3 is 0 Å². The number of nitrogens with two attached hydrogens (primary N) is 1. The van der Waals surface area contributed by atoms with Gasteiger partial charge in [0.05, 0.1) is 0 Å². The van der Waals surface area contributed by atoms with E-state index in [1.54, 1.807) is 6.92 Å². The Labute approximate surface area is 148 Å². The van der Waals surface area contributed by atoms with Crippen molar-refractivity contribution in [2.24, 2.45) is 5.84 Å². The van der Waals surface area contributed by atoms with Crippen LogP contribution in [-0.4, -0.2) is 53.2 Å². The highest BCUT2D eigenvalue weighted by molar-refractivity contribution is 5.94. The summed E-state index contributed by atoms with van der Waals surface area (Å²) in [5.41, 5.74) is 2.06. The quantitative estimate of drug-likeness (QED) is 0.256. The van der Waals surface area contributed by atoms with E-state index in [2.05, 4.69) is 16.1 Å². The lowest BCUT2D eigenvalue weighted by Crippen LogP contribution is -2.56. The van der Waals surface area contributed by atoms with Gasteiger partial charge in [-0.25, -0.2) is 5.84 Å². The van der Waals surface area contributed by atoms with Crippen molar-refractivity contribution in [3.05, 3.63) is 0 Å². The molecule has 1 rings (SSSR count). The molecule has 0 spiro atoms. The molecule has 0 aliphatic carbocycles. The summed E-state index contributed by atoms with van der Waals surface area (Å²) >= 11 is 0. The molecule has 0 aromatic carbocycles. The summed E-state index contributed by atoms with van der Waals surface area (Å²) in [7, 11) is 0. The molecule has 142 valence electrons. The Bertz CT molecular complexity index is 511. The summed E-state index contributed by atoms with van der Waals surface area (Å²) in [6.45, 7) is 5.36. The van der Waals surface area contributed by atoms with Gasteiger partial charge < -0.3 is 15.5 Å². The van der Waals surface area contributed by atoms with E-state index >= 15 is 0 Å². The molecule has 3 atom stereocenters. The molecule has 0 saturated carbocycles. The average molecular weight is 355 g/mol. The second kappa shape index (κ2) is 9.97. The van der Waals surface area contributed by atoms with Crippen LogP contribution in [-0.2, 0) is 19.2 Å². The number of nitrogens with zero attached hydrogens (tertiary/aromatic N) is 1. The van der Waals surface area contributed by atoms with E-state index in [-0.39, 0.29) is 17.7 Å². The third-order valence-corrected chi connectivity index (χ3v) is 4.25. The number of hydrogen-bond acceptors (Lipinski definition) is 5. The SMILES string of the molecule is CCCC[C@H](NC(=O)[C@@H]1CCCN1C(=O)[C@H](C)NC(C)=O)C(=O)NN. The molecule has 25 heavy (non-hydrogen) atoms. The maximum absolute atomic E-state index is 12.6. The van der Waals surface area contributed by atoms with Gasteiger partial charge in [0.25, 0.3) is 5.91 Å². The van der Waals surface area contributed by atoms with Crippen LogP contribution in [0.1, 0.15) is 52.9 Å². The van der Waals surface area contributed by atoms with Crippen LogP contribution in [0.2, 0.25) is 0 Å². The van der Waals surface area contributed by atoms with Crippen molar-refractivity contribution in [3.63, 3.8) is 0 Å². The summed E-state index contributed by atoms with van der Waals surface area (Å²) < 4.78 is 0.